The molecule has 1 aliphatic rings. The number of hydrogen-bond acceptors (Lipinski definition) is 1. The summed E-state index contributed by atoms with van der Waals surface area (Å²) in [4.78, 5) is 4.49. The molecule has 1 aromatic heterocycles. The van der Waals surface area contributed by atoms with Crippen LogP contribution < -0.4 is 0 Å². The van der Waals surface area contributed by atoms with Crippen LogP contribution in [-0.4, -0.2) is 16.3 Å². The van der Waals surface area contributed by atoms with Gasteiger partial charge in [-0.25, -0.2) is 0 Å². The average molecular weight is 148 g/mol. The largest absolute Gasteiger partial charge is 0.344 e. The number of rotatable bonds is 0. The van der Waals surface area contributed by atoms with E-state index in [4.69, 9.17) is 0 Å². The highest BCUT2D eigenvalue weighted by Crippen LogP contribution is 2.12. The Balaban J connectivity index is 2.50. The fraction of sp³-hybridized carbons (Fsp3) is 0.444. The van der Waals surface area contributed by atoms with Gasteiger partial charge in [0, 0.05) is 12.7 Å². The summed E-state index contributed by atoms with van der Waals surface area (Å²) in [5.41, 5.74) is 2.43. The van der Waals surface area contributed by atoms with E-state index in [9.17, 15) is 0 Å². The first-order valence-corrected chi connectivity index (χ1v) is 3.97. The molecule has 0 radical (unpaired) electrons. The predicted octanol–water partition coefficient (Wildman–Crippen LogP) is 1.70. The Bertz CT molecular complexity index is 296. The van der Waals surface area contributed by atoms with Crippen molar-refractivity contribution in [1.29, 1.82) is 0 Å². The number of aromatic nitrogens is 1. The van der Waals surface area contributed by atoms with Gasteiger partial charge in [0.05, 0.1) is 17.4 Å². The van der Waals surface area contributed by atoms with Crippen molar-refractivity contribution in [1.82, 2.24) is 4.57 Å². The van der Waals surface area contributed by atoms with Gasteiger partial charge < -0.3 is 4.57 Å². The van der Waals surface area contributed by atoms with E-state index in [0.29, 0.717) is 6.04 Å². The minimum Gasteiger partial charge on any atom is -0.344 e. The molecule has 0 saturated heterocycles. The van der Waals surface area contributed by atoms with E-state index in [-0.39, 0.29) is 0 Å². The lowest BCUT2D eigenvalue weighted by Crippen LogP contribution is -2.21. The van der Waals surface area contributed by atoms with Gasteiger partial charge in [0.15, 0.2) is 0 Å². The molecule has 1 aliphatic heterocycles. The van der Waals surface area contributed by atoms with Crippen molar-refractivity contribution in [2.24, 2.45) is 4.99 Å². The van der Waals surface area contributed by atoms with Crippen molar-refractivity contribution >= 4 is 5.71 Å². The van der Waals surface area contributed by atoms with Gasteiger partial charge in [0.1, 0.15) is 0 Å². The van der Waals surface area contributed by atoms with E-state index in [1.807, 2.05) is 0 Å². The second-order valence-electron chi connectivity index (χ2n) is 3.11. The molecular formula is C9H12N2. The second-order valence-corrected chi connectivity index (χ2v) is 3.11. The average Bonchev–Trinajstić information content (AvgIpc) is 2.34. The molecule has 0 N–H and O–H groups in total. The van der Waals surface area contributed by atoms with Crippen molar-refractivity contribution in [2.45, 2.75) is 26.4 Å². The lowest BCUT2D eigenvalue weighted by atomic mass is 10.2. The standard InChI is InChI=1S/C9H12N2/c1-7-6-11-5-3-4-9(11)8(2)10-7/h3-5,7H,6H2,1-2H3. The van der Waals surface area contributed by atoms with Gasteiger partial charge in [0.25, 0.3) is 0 Å². The molecule has 11 heavy (non-hydrogen) atoms. The van der Waals surface area contributed by atoms with Crippen LogP contribution in [0.2, 0.25) is 0 Å². The molecule has 0 spiro atoms. The molecule has 2 heteroatoms. The van der Waals surface area contributed by atoms with Crippen molar-refractivity contribution in [2.75, 3.05) is 0 Å². The summed E-state index contributed by atoms with van der Waals surface area (Å²) in [5.74, 6) is 0. The van der Waals surface area contributed by atoms with Gasteiger partial charge in [-0.05, 0) is 26.0 Å². The lowest BCUT2D eigenvalue weighted by Gasteiger charge is -2.18. The number of aliphatic imine (C=N–C) groups is 1. The monoisotopic (exact) mass is 148 g/mol. The Morgan fingerprint density at radius 2 is 2.45 bits per heavy atom. The highest BCUT2D eigenvalue weighted by Gasteiger charge is 2.12. The molecule has 0 amide bonds. The molecular weight excluding hydrogens is 136 g/mol. The van der Waals surface area contributed by atoms with Gasteiger partial charge in [-0.15, -0.1) is 0 Å². The van der Waals surface area contributed by atoms with E-state index >= 15 is 0 Å². The molecule has 0 aromatic carbocycles. The molecule has 1 atom stereocenters. The first-order valence-electron chi connectivity index (χ1n) is 3.97. The zero-order valence-corrected chi connectivity index (χ0v) is 6.91. The summed E-state index contributed by atoms with van der Waals surface area (Å²) < 4.78 is 2.26. The van der Waals surface area contributed by atoms with Gasteiger partial charge >= 0.3 is 0 Å². The van der Waals surface area contributed by atoms with Crippen LogP contribution in [0.15, 0.2) is 23.3 Å². The first kappa shape index (κ1) is 6.65. The van der Waals surface area contributed by atoms with E-state index in [0.717, 1.165) is 12.3 Å². The smallest absolute Gasteiger partial charge is 0.0654 e. The summed E-state index contributed by atoms with van der Waals surface area (Å²) in [6, 6.07) is 4.63. The Labute approximate surface area is 66.6 Å². The molecule has 0 bridgehead atoms. The van der Waals surface area contributed by atoms with Crippen LogP contribution in [0, 0.1) is 0 Å². The van der Waals surface area contributed by atoms with Gasteiger partial charge in [-0.2, -0.15) is 0 Å². The van der Waals surface area contributed by atoms with Crippen LogP contribution in [0.3, 0.4) is 0 Å². The van der Waals surface area contributed by atoms with E-state index in [2.05, 4.69) is 41.7 Å². The fourth-order valence-corrected chi connectivity index (χ4v) is 1.62. The summed E-state index contributed by atoms with van der Waals surface area (Å²) >= 11 is 0. The maximum Gasteiger partial charge on any atom is 0.0654 e. The quantitative estimate of drug-likeness (QED) is 0.533. The first-order chi connectivity index (χ1) is 5.27. The number of hydrogen-bond donors (Lipinski definition) is 0. The van der Waals surface area contributed by atoms with E-state index in [1.165, 1.54) is 5.69 Å². The van der Waals surface area contributed by atoms with Gasteiger partial charge in [-0.1, -0.05) is 0 Å². The normalized spacial score (nSPS) is 22.7. The van der Waals surface area contributed by atoms with Crippen molar-refractivity contribution in [3.05, 3.63) is 24.0 Å². The zero-order valence-electron chi connectivity index (χ0n) is 6.91. The van der Waals surface area contributed by atoms with Crippen LogP contribution in [-0.2, 0) is 6.54 Å². The molecule has 1 aromatic rings. The Hall–Kier alpha value is -1.05. The van der Waals surface area contributed by atoms with E-state index in [1.54, 1.807) is 0 Å². The second kappa shape index (κ2) is 2.22. The highest BCUT2D eigenvalue weighted by molar-refractivity contribution is 5.97. The van der Waals surface area contributed by atoms with Gasteiger partial charge in [0.2, 0.25) is 0 Å². The number of nitrogens with zero attached hydrogens (tertiary/aromatic N) is 2. The molecule has 1 unspecified atom stereocenters. The molecule has 2 nitrogen and oxygen atoms in total. The Morgan fingerprint density at radius 1 is 1.64 bits per heavy atom. The molecule has 58 valence electrons. The highest BCUT2D eigenvalue weighted by atomic mass is 15.0. The van der Waals surface area contributed by atoms with Crippen LogP contribution in [0.1, 0.15) is 19.5 Å². The zero-order chi connectivity index (χ0) is 7.84. The van der Waals surface area contributed by atoms with Crippen molar-refractivity contribution in [3.8, 4) is 0 Å². The Kier molecular flexibility index (Phi) is 1.34. The minimum absolute atomic E-state index is 0.440. The topological polar surface area (TPSA) is 17.3 Å². The maximum absolute atomic E-state index is 4.49. The third-order valence-corrected chi connectivity index (χ3v) is 2.08. The molecule has 0 fully saturated rings. The van der Waals surface area contributed by atoms with Crippen LogP contribution >= 0.6 is 0 Å². The molecule has 0 saturated carbocycles. The fourth-order valence-electron chi connectivity index (χ4n) is 1.62. The molecule has 2 heterocycles. The number of fused-ring (bicyclic) bond motifs is 1. The van der Waals surface area contributed by atoms with Crippen LogP contribution in [0.5, 0.6) is 0 Å². The Morgan fingerprint density at radius 3 is 3.27 bits per heavy atom. The molecule has 2 rings (SSSR count). The summed E-state index contributed by atoms with van der Waals surface area (Å²) in [7, 11) is 0. The minimum atomic E-state index is 0.440. The SMILES string of the molecule is CC1=NC(C)Cn2cccc21. The summed E-state index contributed by atoms with van der Waals surface area (Å²) in [6.07, 6.45) is 2.12. The third-order valence-electron chi connectivity index (χ3n) is 2.08. The van der Waals surface area contributed by atoms with Crippen molar-refractivity contribution < 1.29 is 0 Å². The van der Waals surface area contributed by atoms with Crippen LogP contribution in [0.4, 0.5) is 0 Å². The van der Waals surface area contributed by atoms with E-state index < -0.39 is 0 Å². The van der Waals surface area contributed by atoms with Crippen molar-refractivity contribution in [3.63, 3.8) is 0 Å². The summed E-state index contributed by atoms with van der Waals surface area (Å²) in [5, 5.41) is 0. The third kappa shape index (κ3) is 0.985. The van der Waals surface area contributed by atoms with Gasteiger partial charge in [-0.3, -0.25) is 4.99 Å². The van der Waals surface area contributed by atoms with Crippen LogP contribution in [0.25, 0.3) is 0 Å². The summed E-state index contributed by atoms with van der Waals surface area (Å²) in [6.45, 7) is 5.24. The maximum atomic E-state index is 4.49. The lowest BCUT2D eigenvalue weighted by molar-refractivity contribution is 0.574. The molecule has 0 aliphatic carbocycles. The predicted molar refractivity (Wildman–Crippen MR) is 46.1 cm³/mol.